The van der Waals surface area contributed by atoms with E-state index in [2.05, 4.69) is 25.6 Å². The monoisotopic (exact) mass is 491 g/mol. The van der Waals surface area contributed by atoms with Crippen molar-refractivity contribution in [2.24, 2.45) is 4.40 Å². The second kappa shape index (κ2) is 7.34. The second-order valence-electron chi connectivity index (χ2n) is 5.55. The maximum atomic E-state index is 13.3. The molecule has 0 fully saturated rings. The molecule has 0 unspecified atom stereocenters. The van der Waals surface area contributed by atoms with Crippen molar-refractivity contribution in [2.45, 2.75) is 6.92 Å². The van der Waals surface area contributed by atoms with Gasteiger partial charge in [-0.25, -0.2) is 8.70 Å². The van der Waals surface area contributed by atoms with Crippen LogP contribution in [0.4, 0.5) is 10.1 Å². The zero-order valence-electron chi connectivity index (χ0n) is 14.0. The first kappa shape index (κ1) is 20.0. The number of carbonyl (C=O) groups excluding carboxylic acids is 1. The Balaban J connectivity index is 2.04. The number of nitrogens with one attached hydrogen (secondary N) is 1. The van der Waals surface area contributed by atoms with Gasteiger partial charge in [0.1, 0.15) is 17.2 Å². The highest BCUT2D eigenvalue weighted by atomic mass is 79.9. The number of amides is 1. The lowest BCUT2D eigenvalue weighted by atomic mass is 10.1. The summed E-state index contributed by atoms with van der Waals surface area (Å²) in [6.45, 7) is 1.62. The molecule has 0 spiro atoms. The Morgan fingerprint density at radius 2 is 2.04 bits per heavy atom. The van der Waals surface area contributed by atoms with Crippen LogP contribution >= 0.6 is 38.9 Å². The van der Waals surface area contributed by atoms with Crippen LogP contribution in [0, 0.1) is 5.82 Å². The smallest absolute Gasteiger partial charge is 0.321 e. The summed E-state index contributed by atoms with van der Waals surface area (Å²) in [4.78, 5) is 13.4. The molecule has 2 heterocycles. The van der Waals surface area contributed by atoms with Crippen molar-refractivity contribution in [2.75, 3.05) is 12.4 Å². The molecular formula is C16H12BrClFN3O3S2. The maximum Gasteiger partial charge on any atom is 0.345 e. The number of anilines is 1. The third kappa shape index (κ3) is 3.93. The zero-order chi connectivity index (χ0) is 19.9. The van der Waals surface area contributed by atoms with E-state index in [9.17, 15) is 17.6 Å². The van der Waals surface area contributed by atoms with Crippen LogP contribution in [-0.4, -0.2) is 31.4 Å². The van der Waals surface area contributed by atoms with Gasteiger partial charge in [-0.05, 0) is 53.2 Å². The first-order chi connectivity index (χ1) is 12.6. The van der Waals surface area contributed by atoms with Crippen LogP contribution in [0.2, 0.25) is 5.02 Å². The highest BCUT2D eigenvalue weighted by Gasteiger charge is 2.34. The lowest BCUT2D eigenvalue weighted by Gasteiger charge is -2.26. The average Bonchev–Trinajstić information content (AvgIpc) is 3.01. The quantitative estimate of drug-likeness (QED) is 0.698. The first-order valence-corrected chi connectivity index (χ1v) is 10.8. The summed E-state index contributed by atoms with van der Waals surface area (Å²) in [6.07, 6.45) is 0. The SMILES string of the molecule is CC1=C(C(=O)Nc2ccc(F)c(Cl)c2)N(C)S(=O)(=O)N=C1c1ccc(Br)s1. The summed E-state index contributed by atoms with van der Waals surface area (Å²) in [7, 11) is -2.83. The fourth-order valence-electron chi connectivity index (χ4n) is 2.46. The van der Waals surface area contributed by atoms with E-state index in [1.807, 2.05) is 0 Å². The molecule has 1 aromatic carbocycles. The van der Waals surface area contributed by atoms with Gasteiger partial charge >= 0.3 is 10.2 Å². The summed E-state index contributed by atoms with van der Waals surface area (Å²) in [5, 5.41) is 2.38. The first-order valence-electron chi connectivity index (χ1n) is 7.42. The molecule has 0 saturated heterocycles. The van der Waals surface area contributed by atoms with Gasteiger partial charge in [0.2, 0.25) is 0 Å². The van der Waals surface area contributed by atoms with Crippen LogP contribution in [0.3, 0.4) is 0 Å². The fraction of sp³-hybridized carbons (Fsp3) is 0.125. The van der Waals surface area contributed by atoms with E-state index in [0.717, 1.165) is 14.2 Å². The number of benzene rings is 1. The minimum absolute atomic E-state index is 0.0787. The molecule has 142 valence electrons. The second-order valence-corrected chi connectivity index (χ2v) is 10.0. The summed E-state index contributed by atoms with van der Waals surface area (Å²) in [5.74, 6) is -1.30. The minimum atomic E-state index is -4.08. The van der Waals surface area contributed by atoms with Crippen LogP contribution in [0.5, 0.6) is 0 Å². The molecule has 1 aliphatic rings. The van der Waals surface area contributed by atoms with Crippen molar-refractivity contribution in [1.29, 1.82) is 0 Å². The van der Waals surface area contributed by atoms with E-state index in [1.165, 1.54) is 30.5 Å². The van der Waals surface area contributed by atoms with Gasteiger partial charge in [-0.3, -0.25) is 4.79 Å². The predicted molar refractivity (Wildman–Crippen MR) is 108 cm³/mol. The molecule has 6 nitrogen and oxygen atoms in total. The lowest BCUT2D eigenvalue weighted by Crippen LogP contribution is -2.37. The van der Waals surface area contributed by atoms with Crippen molar-refractivity contribution >= 4 is 66.4 Å². The van der Waals surface area contributed by atoms with E-state index in [1.54, 1.807) is 19.1 Å². The average molecular weight is 493 g/mol. The third-order valence-electron chi connectivity index (χ3n) is 3.78. The Kier molecular flexibility index (Phi) is 5.44. The Hall–Kier alpha value is -1.75. The number of allylic oxidation sites excluding steroid dienone is 1. The fourth-order valence-corrected chi connectivity index (χ4v) is 5.17. The van der Waals surface area contributed by atoms with Crippen LogP contribution in [0.25, 0.3) is 0 Å². The van der Waals surface area contributed by atoms with E-state index >= 15 is 0 Å². The van der Waals surface area contributed by atoms with Gasteiger partial charge in [-0.15, -0.1) is 15.7 Å². The molecule has 27 heavy (non-hydrogen) atoms. The molecule has 0 aliphatic carbocycles. The number of nitrogens with zero attached hydrogens (tertiary/aromatic N) is 2. The number of thiophene rings is 1. The highest BCUT2D eigenvalue weighted by molar-refractivity contribution is 9.11. The number of carbonyl (C=O) groups is 1. The Bertz CT molecular complexity index is 1110. The molecule has 1 aromatic heterocycles. The summed E-state index contributed by atoms with van der Waals surface area (Å²) >= 11 is 10.3. The highest BCUT2D eigenvalue weighted by Crippen LogP contribution is 2.31. The van der Waals surface area contributed by atoms with Gasteiger partial charge in [-0.1, -0.05) is 11.6 Å². The predicted octanol–water partition coefficient (Wildman–Crippen LogP) is 4.20. The molecule has 0 radical (unpaired) electrons. The van der Waals surface area contributed by atoms with Crippen molar-refractivity contribution in [3.05, 3.63) is 61.1 Å². The molecular weight excluding hydrogens is 481 g/mol. The standard InChI is InChI=1S/C16H12BrClFN3O3S2/c1-8-14(12-5-6-13(17)26-12)21-27(24,25)22(2)15(8)16(23)20-9-3-4-11(19)10(18)7-9/h3-7H,1-2H3,(H,20,23). The van der Waals surface area contributed by atoms with Gasteiger partial charge in [0, 0.05) is 18.3 Å². The molecule has 0 saturated carbocycles. The zero-order valence-corrected chi connectivity index (χ0v) is 17.9. The van der Waals surface area contributed by atoms with E-state index in [4.69, 9.17) is 11.6 Å². The van der Waals surface area contributed by atoms with Crippen LogP contribution in [-0.2, 0) is 15.0 Å². The molecule has 2 aromatic rings. The topological polar surface area (TPSA) is 78.8 Å². The van der Waals surface area contributed by atoms with Crippen LogP contribution in [0.15, 0.2) is 49.8 Å². The van der Waals surface area contributed by atoms with Crippen molar-refractivity contribution in [3.63, 3.8) is 0 Å². The number of hydrogen-bond acceptors (Lipinski definition) is 4. The van der Waals surface area contributed by atoms with Crippen LogP contribution < -0.4 is 5.32 Å². The van der Waals surface area contributed by atoms with E-state index < -0.39 is 21.9 Å². The molecule has 1 aliphatic heterocycles. The number of likely N-dealkylation sites (N-methyl/N-ethyl adjacent to an activating group) is 1. The van der Waals surface area contributed by atoms with Gasteiger partial charge in [0.15, 0.2) is 0 Å². The number of hydrogen-bond donors (Lipinski definition) is 1. The Morgan fingerprint density at radius 3 is 2.63 bits per heavy atom. The van der Waals surface area contributed by atoms with Crippen molar-refractivity contribution < 1.29 is 17.6 Å². The lowest BCUT2D eigenvalue weighted by molar-refractivity contribution is -0.113. The summed E-state index contributed by atoms with van der Waals surface area (Å²) < 4.78 is 43.6. The van der Waals surface area contributed by atoms with Gasteiger partial charge in [0.05, 0.1) is 13.7 Å². The normalized spacial score (nSPS) is 16.3. The number of rotatable bonds is 3. The van der Waals surface area contributed by atoms with E-state index in [-0.39, 0.29) is 22.1 Å². The third-order valence-corrected chi connectivity index (χ3v) is 6.99. The molecule has 1 amide bonds. The molecule has 0 bridgehead atoms. The number of halogens is 3. The summed E-state index contributed by atoms with van der Waals surface area (Å²) in [5.41, 5.74) is 0.754. The maximum absolute atomic E-state index is 13.3. The van der Waals surface area contributed by atoms with Crippen molar-refractivity contribution in [3.8, 4) is 0 Å². The van der Waals surface area contributed by atoms with E-state index in [0.29, 0.717) is 10.5 Å². The molecule has 1 N–H and O–H groups in total. The van der Waals surface area contributed by atoms with Gasteiger partial charge < -0.3 is 5.32 Å². The summed E-state index contributed by atoms with van der Waals surface area (Å²) in [6, 6.07) is 7.16. The minimum Gasteiger partial charge on any atom is -0.321 e. The largest absolute Gasteiger partial charge is 0.345 e. The molecule has 0 atom stereocenters. The van der Waals surface area contributed by atoms with Crippen molar-refractivity contribution in [1.82, 2.24) is 4.31 Å². The molecule has 11 heteroatoms. The molecule has 3 rings (SSSR count). The van der Waals surface area contributed by atoms with Gasteiger partial charge in [-0.2, -0.15) is 8.42 Å². The van der Waals surface area contributed by atoms with Gasteiger partial charge in [0.25, 0.3) is 5.91 Å². The van der Waals surface area contributed by atoms with Crippen LogP contribution in [0.1, 0.15) is 11.8 Å². The Morgan fingerprint density at radius 1 is 1.33 bits per heavy atom. The Labute approximate surface area is 172 Å².